The molecule has 3 rings (SSSR count). The lowest BCUT2D eigenvalue weighted by Crippen LogP contribution is -2.50. The van der Waals surface area contributed by atoms with E-state index in [4.69, 9.17) is 0 Å². The van der Waals surface area contributed by atoms with Crippen LogP contribution in [0.15, 0.2) is 0 Å². The molecular formula is C19H31N3O3. The maximum absolute atomic E-state index is 12.5. The van der Waals surface area contributed by atoms with Gasteiger partial charge in [0.1, 0.15) is 0 Å². The Labute approximate surface area is 150 Å². The van der Waals surface area contributed by atoms with Crippen molar-refractivity contribution < 1.29 is 14.4 Å². The molecule has 1 saturated carbocycles. The Morgan fingerprint density at radius 1 is 0.960 bits per heavy atom. The van der Waals surface area contributed by atoms with E-state index in [1.807, 2.05) is 9.80 Å². The van der Waals surface area contributed by atoms with Crippen molar-refractivity contribution in [2.24, 2.45) is 5.92 Å². The molecule has 0 aromatic carbocycles. The first kappa shape index (κ1) is 18.2. The molecular weight excluding hydrogens is 318 g/mol. The molecule has 3 fully saturated rings. The van der Waals surface area contributed by atoms with E-state index in [1.165, 1.54) is 25.7 Å². The Balaban J connectivity index is 1.47. The highest BCUT2D eigenvalue weighted by Crippen LogP contribution is 2.27. The first-order chi connectivity index (χ1) is 12.1. The van der Waals surface area contributed by atoms with Crippen molar-refractivity contribution in [2.45, 2.75) is 70.3 Å². The molecule has 2 aliphatic heterocycles. The third-order valence-electron chi connectivity index (χ3n) is 5.93. The number of amides is 3. The van der Waals surface area contributed by atoms with Gasteiger partial charge < -0.3 is 15.1 Å². The zero-order chi connectivity index (χ0) is 17.6. The molecule has 1 N–H and O–H groups in total. The van der Waals surface area contributed by atoms with Crippen molar-refractivity contribution in [3.8, 4) is 0 Å². The third kappa shape index (κ3) is 4.73. The van der Waals surface area contributed by atoms with Crippen LogP contribution in [0.4, 0.5) is 0 Å². The molecule has 25 heavy (non-hydrogen) atoms. The number of hydrogen-bond acceptors (Lipinski definition) is 3. The Bertz CT molecular complexity index is 500. The SMILES string of the molecule is O=C(NCCN1CCCC1=O)C1CCC(=O)N(C2CCCCCC2)C1. The van der Waals surface area contributed by atoms with Crippen LogP contribution in [0.3, 0.4) is 0 Å². The minimum absolute atomic E-state index is 0.0396. The molecule has 6 nitrogen and oxygen atoms in total. The second-order valence-corrected chi connectivity index (χ2v) is 7.70. The van der Waals surface area contributed by atoms with E-state index in [-0.39, 0.29) is 23.6 Å². The van der Waals surface area contributed by atoms with Crippen molar-refractivity contribution >= 4 is 17.7 Å². The first-order valence-electron chi connectivity index (χ1n) is 10.00. The van der Waals surface area contributed by atoms with Crippen LogP contribution in [-0.2, 0) is 14.4 Å². The lowest BCUT2D eigenvalue weighted by Gasteiger charge is -2.37. The van der Waals surface area contributed by atoms with Gasteiger partial charge >= 0.3 is 0 Å². The molecule has 3 aliphatic rings. The summed E-state index contributed by atoms with van der Waals surface area (Å²) < 4.78 is 0. The van der Waals surface area contributed by atoms with Crippen LogP contribution in [0.2, 0.25) is 0 Å². The van der Waals surface area contributed by atoms with E-state index in [9.17, 15) is 14.4 Å². The molecule has 0 radical (unpaired) electrons. The van der Waals surface area contributed by atoms with E-state index >= 15 is 0 Å². The topological polar surface area (TPSA) is 69.7 Å². The fraction of sp³-hybridized carbons (Fsp3) is 0.842. The van der Waals surface area contributed by atoms with E-state index in [1.54, 1.807) is 0 Å². The molecule has 0 spiro atoms. The van der Waals surface area contributed by atoms with Gasteiger partial charge in [0.05, 0.1) is 5.92 Å². The Morgan fingerprint density at radius 2 is 1.72 bits per heavy atom. The number of rotatable bonds is 5. The van der Waals surface area contributed by atoms with Gasteiger partial charge in [0.2, 0.25) is 17.7 Å². The quantitative estimate of drug-likeness (QED) is 0.768. The van der Waals surface area contributed by atoms with Crippen LogP contribution in [0.5, 0.6) is 0 Å². The predicted octanol–water partition coefficient (Wildman–Crippen LogP) is 1.69. The summed E-state index contributed by atoms with van der Waals surface area (Å²) in [6, 6.07) is 0.327. The first-order valence-corrected chi connectivity index (χ1v) is 10.00. The molecule has 0 aromatic heterocycles. The summed E-state index contributed by atoms with van der Waals surface area (Å²) in [5.41, 5.74) is 0. The number of likely N-dealkylation sites (tertiary alicyclic amines) is 2. The average molecular weight is 349 g/mol. The normalized spacial score (nSPS) is 26.0. The van der Waals surface area contributed by atoms with Crippen LogP contribution in [0.25, 0.3) is 0 Å². The summed E-state index contributed by atoms with van der Waals surface area (Å²) in [6.45, 7) is 2.49. The highest BCUT2D eigenvalue weighted by Gasteiger charge is 2.34. The van der Waals surface area contributed by atoms with Gasteiger partial charge in [0.15, 0.2) is 0 Å². The van der Waals surface area contributed by atoms with Crippen LogP contribution >= 0.6 is 0 Å². The number of nitrogens with zero attached hydrogens (tertiary/aromatic N) is 2. The minimum atomic E-state index is -0.102. The van der Waals surface area contributed by atoms with Crippen LogP contribution in [0.1, 0.15) is 64.2 Å². The van der Waals surface area contributed by atoms with Gasteiger partial charge in [-0.05, 0) is 25.7 Å². The predicted molar refractivity (Wildman–Crippen MR) is 94.8 cm³/mol. The monoisotopic (exact) mass is 349 g/mol. The summed E-state index contributed by atoms with van der Waals surface area (Å²) in [6.07, 6.45) is 9.76. The Morgan fingerprint density at radius 3 is 2.40 bits per heavy atom. The summed E-state index contributed by atoms with van der Waals surface area (Å²) in [7, 11) is 0. The van der Waals surface area contributed by atoms with E-state index in [2.05, 4.69) is 5.32 Å². The molecule has 1 atom stereocenters. The summed E-state index contributed by atoms with van der Waals surface area (Å²) >= 11 is 0. The Hall–Kier alpha value is -1.59. The molecule has 0 bridgehead atoms. The third-order valence-corrected chi connectivity index (χ3v) is 5.93. The summed E-state index contributed by atoms with van der Waals surface area (Å²) in [4.78, 5) is 40.3. The number of carbonyl (C=O) groups excluding carboxylic acids is 3. The summed E-state index contributed by atoms with van der Waals surface area (Å²) in [5.74, 6) is 0.351. The van der Waals surface area contributed by atoms with Gasteiger partial charge in [0, 0.05) is 45.1 Å². The molecule has 140 valence electrons. The van der Waals surface area contributed by atoms with E-state index < -0.39 is 0 Å². The maximum Gasteiger partial charge on any atom is 0.224 e. The lowest BCUT2D eigenvalue weighted by atomic mass is 9.93. The molecule has 1 unspecified atom stereocenters. The van der Waals surface area contributed by atoms with Gasteiger partial charge in [-0.1, -0.05) is 25.7 Å². The highest BCUT2D eigenvalue weighted by atomic mass is 16.2. The molecule has 2 heterocycles. The van der Waals surface area contributed by atoms with Crippen molar-refractivity contribution in [2.75, 3.05) is 26.2 Å². The smallest absolute Gasteiger partial charge is 0.224 e. The van der Waals surface area contributed by atoms with Gasteiger partial charge in [-0.3, -0.25) is 14.4 Å². The van der Waals surface area contributed by atoms with E-state index in [0.717, 1.165) is 25.8 Å². The molecule has 0 aromatic rings. The lowest BCUT2D eigenvalue weighted by molar-refractivity contribution is -0.141. The van der Waals surface area contributed by atoms with Gasteiger partial charge in [-0.25, -0.2) is 0 Å². The number of nitrogens with one attached hydrogen (secondary N) is 1. The minimum Gasteiger partial charge on any atom is -0.354 e. The molecule has 3 amide bonds. The average Bonchev–Trinajstić information content (AvgIpc) is 2.86. The van der Waals surface area contributed by atoms with Crippen LogP contribution in [0, 0.1) is 5.92 Å². The zero-order valence-corrected chi connectivity index (χ0v) is 15.2. The van der Waals surface area contributed by atoms with Gasteiger partial charge in [-0.2, -0.15) is 0 Å². The standard InChI is InChI=1S/C19H31N3O3/c23-17-8-5-12-21(17)13-11-20-19(25)15-9-10-18(24)22(14-15)16-6-3-1-2-4-7-16/h15-16H,1-14H2,(H,20,25). The zero-order valence-electron chi connectivity index (χ0n) is 15.2. The van der Waals surface area contributed by atoms with Crippen LogP contribution in [-0.4, -0.2) is 59.7 Å². The molecule has 2 saturated heterocycles. The molecule has 1 aliphatic carbocycles. The second-order valence-electron chi connectivity index (χ2n) is 7.70. The van der Waals surface area contributed by atoms with Crippen molar-refractivity contribution in [3.05, 3.63) is 0 Å². The maximum atomic E-state index is 12.5. The van der Waals surface area contributed by atoms with Gasteiger partial charge in [-0.15, -0.1) is 0 Å². The van der Waals surface area contributed by atoms with Crippen molar-refractivity contribution in [1.82, 2.24) is 15.1 Å². The number of piperidine rings is 1. The number of hydrogen-bond donors (Lipinski definition) is 1. The Kier molecular flexibility index (Phi) is 6.32. The van der Waals surface area contributed by atoms with Crippen molar-refractivity contribution in [1.29, 1.82) is 0 Å². The fourth-order valence-corrected chi connectivity index (χ4v) is 4.41. The van der Waals surface area contributed by atoms with Crippen LogP contribution < -0.4 is 5.32 Å². The summed E-state index contributed by atoms with van der Waals surface area (Å²) in [5, 5.41) is 2.98. The molecule has 6 heteroatoms. The second kappa shape index (κ2) is 8.68. The van der Waals surface area contributed by atoms with Crippen molar-refractivity contribution in [3.63, 3.8) is 0 Å². The van der Waals surface area contributed by atoms with E-state index in [0.29, 0.717) is 44.9 Å². The van der Waals surface area contributed by atoms with Gasteiger partial charge in [0.25, 0.3) is 0 Å². The fourth-order valence-electron chi connectivity index (χ4n) is 4.41. The largest absolute Gasteiger partial charge is 0.354 e. The number of carbonyl (C=O) groups is 3. The highest BCUT2D eigenvalue weighted by molar-refractivity contribution is 5.84.